The van der Waals surface area contributed by atoms with E-state index in [0.717, 1.165) is 24.4 Å². The number of nitrogens with zero attached hydrogens (tertiary/aromatic N) is 1. The summed E-state index contributed by atoms with van der Waals surface area (Å²) >= 11 is 0. The van der Waals surface area contributed by atoms with Crippen LogP contribution in [0.25, 0.3) is 0 Å². The summed E-state index contributed by atoms with van der Waals surface area (Å²) in [6.07, 6.45) is 1.46. The molecule has 0 unspecified atom stereocenters. The Morgan fingerprint density at radius 1 is 1.08 bits per heavy atom. The monoisotopic (exact) mass is 330 g/mol. The Hall–Kier alpha value is -2.50. The zero-order valence-electron chi connectivity index (χ0n) is 14.2. The van der Waals surface area contributed by atoms with Crippen molar-refractivity contribution in [3.05, 3.63) is 46.8 Å². The fourth-order valence-corrected chi connectivity index (χ4v) is 3.05. The molecule has 0 atom stereocenters. The Labute approximate surface area is 140 Å². The number of nitrogens with one attached hydrogen (secondary N) is 1. The van der Waals surface area contributed by atoms with E-state index in [9.17, 15) is 9.59 Å². The summed E-state index contributed by atoms with van der Waals surface area (Å²) in [5.41, 5.74) is 0.581. The van der Waals surface area contributed by atoms with Crippen molar-refractivity contribution in [2.24, 2.45) is 0 Å². The van der Waals surface area contributed by atoms with Gasteiger partial charge in [-0.25, -0.2) is 0 Å². The third-order valence-corrected chi connectivity index (χ3v) is 4.35. The first-order valence-corrected chi connectivity index (χ1v) is 8.17. The lowest BCUT2D eigenvalue weighted by Gasteiger charge is -2.31. The second-order valence-corrected chi connectivity index (χ2v) is 6.28. The number of rotatable bonds is 3. The van der Waals surface area contributed by atoms with Crippen LogP contribution in [0.3, 0.4) is 0 Å². The lowest BCUT2D eigenvalue weighted by Crippen LogP contribution is -2.46. The summed E-state index contributed by atoms with van der Waals surface area (Å²) in [5.74, 6) is 2.26. The van der Waals surface area contributed by atoms with E-state index in [-0.39, 0.29) is 17.9 Å². The molecule has 128 valence electrons. The maximum atomic E-state index is 12.3. The number of aryl methyl sites for hydroxylation is 3. The van der Waals surface area contributed by atoms with E-state index in [4.69, 9.17) is 8.83 Å². The molecule has 1 aliphatic heterocycles. The standard InChI is InChI=1S/C18H22N2O4/c1-11-4-5-16(24-11)18(22)20-8-6-14(7-9-20)19-17(21)15-10-12(2)23-13(15)3/h4-5,10,14H,6-9H2,1-3H3,(H,19,21). The molecule has 2 amide bonds. The minimum atomic E-state index is -0.115. The minimum absolute atomic E-state index is 0.0643. The molecular formula is C18H22N2O4. The quantitative estimate of drug-likeness (QED) is 0.939. The molecule has 3 heterocycles. The van der Waals surface area contributed by atoms with E-state index in [0.29, 0.717) is 30.2 Å². The summed E-state index contributed by atoms with van der Waals surface area (Å²) < 4.78 is 10.8. The van der Waals surface area contributed by atoms with Gasteiger partial charge in [0, 0.05) is 19.1 Å². The van der Waals surface area contributed by atoms with Crippen molar-refractivity contribution < 1.29 is 18.4 Å². The molecule has 1 fully saturated rings. The molecule has 0 aliphatic carbocycles. The summed E-state index contributed by atoms with van der Waals surface area (Å²) in [5, 5.41) is 3.03. The van der Waals surface area contributed by atoms with Gasteiger partial charge in [0.1, 0.15) is 17.3 Å². The van der Waals surface area contributed by atoms with Crippen molar-refractivity contribution >= 4 is 11.8 Å². The van der Waals surface area contributed by atoms with E-state index in [1.807, 2.05) is 13.8 Å². The van der Waals surface area contributed by atoms with Crippen molar-refractivity contribution in [1.29, 1.82) is 0 Å². The second kappa shape index (κ2) is 6.55. The predicted octanol–water partition coefficient (Wildman–Crippen LogP) is 2.83. The number of carbonyl (C=O) groups is 2. The summed E-state index contributed by atoms with van der Waals surface area (Å²) in [4.78, 5) is 26.4. The number of hydrogen-bond acceptors (Lipinski definition) is 4. The van der Waals surface area contributed by atoms with Crippen LogP contribution in [0.1, 0.15) is 51.0 Å². The highest BCUT2D eigenvalue weighted by Crippen LogP contribution is 2.18. The Balaban J connectivity index is 1.54. The summed E-state index contributed by atoms with van der Waals surface area (Å²) in [6.45, 7) is 6.64. The van der Waals surface area contributed by atoms with E-state index in [1.54, 1.807) is 30.0 Å². The van der Waals surface area contributed by atoms with E-state index >= 15 is 0 Å². The average Bonchev–Trinajstić information content (AvgIpc) is 3.12. The zero-order valence-corrected chi connectivity index (χ0v) is 14.2. The SMILES string of the molecule is Cc1ccc(C(=O)N2CCC(NC(=O)c3cc(C)oc3C)CC2)o1. The van der Waals surface area contributed by atoms with Crippen LogP contribution < -0.4 is 5.32 Å². The topological polar surface area (TPSA) is 75.7 Å². The van der Waals surface area contributed by atoms with Crippen LogP contribution in [0, 0.1) is 20.8 Å². The molecule has 2 aromatic rings. The zero-order chi connectivity index (χ0) is 17.3. The number of hydrogen-bond donors (Lipinski definition) is 1. The normalized spacial score (nSPS) is 15.5. The van der Waals surface area contributed by atoms with Gasteiger partial charge in [-0.3, -0.25) is 9.59 Å². The molecule has 0 radical (unpaired) electrons. The molecule has 1 saturated heterocycles. The minimum Gasteiger partial charge on any atom is -0.466 e. The molecule has 2 aromatic heterocycles. The molecule has 24 heavy (non-hydrogen) atoms. The summed E-state index contributed by atoms with van der Waals surface area (Å²) in [6, 6.07) is 5.31. The van der Waals surface area contributed by atoms with Crippen molar-refractivity contribution in [3.63, 3.8) is 0 Å². The van der Waals surface area contributed by atoms with Crippen LogP contribution in [0.5, 0.6) is 0 Å². The number of carbonyl (C=O) groups excluding carboxylic acids is 2. The fourth-order valence-electron chi connectivity index (χ4n) is 3.05. The Morgan fingerprint density at radius 3 is 2.33 bits per heavy atom. The van der Waals surface area contributed by atoms with Crippen LogP contribution >= 0.6 is 0 Å². The van der Waals surface area contributed by atoms with E-state index in [2.05, 4.69) is 5.32 Å². The van der Waals surface area contributed by atoms with Gasteiger partial charge in [0.15, 0.2) is 5.76 Å². The van der Waals surface area contributed by atoms with Gasteiger partial charge in [0.25, 0.3) is 11.8 Å². The third kappa shape index (κ3) is 3.37. The van der Waals surface area contributed by atoms with Gasteiger partial charge in [0.05, 0.1) is 5.56 Å². The Kier molecular flexibility index (Phi) is 4.46. The first-order chi connectivity index (χ1) is 11.4. The number of furan rings is 2. The van der Waals surface area contributed by atoms with Crippen molar-refractivity contribution in [2.45, 2.75) is 39.7 Å². The molecule has 0 spiro atoms. The van der Waals surface area contributed by atoms with Crippen molar-refractivity contribution in [3.8, 4) is 0 Å². The molecule has 0 aromatic carbocycles. The highest BCUT2D eigenvalue weighted by molar-refractivity contribution is 5.95. The van der Waals surface area contributed by atoms with Gasteiger partial charge in [0.2, 0.25) is 0 Å². The van der Waals surface area contributed by atoms with Gasteiger partial charge < -0.3 is 19.1 Å². The number of likely N-dealkylation sites (tertiary alicyclic amines) is 1. The predicted molar refractivity (Wildman–Crippen MR) is 88.0 cm³/mol. The lowest BCUT2D eigenvalue weighted by atomic mass is 10.0. The molecule has 0 bridgehead atoms. The summed E-state index contributed by atoms with van der Waals surface area (Å²) in [7, 11) is 0. The van der Waals surface area contributed by atoms with Crippen LogP contribution in [0.15, 0.2) is 27.0 Å². The molecule has 0 saturated carbocycles. The Morgan fingerprint density at radius 2 is 1.79 bits per heavy atom. The van der Waals surface area contributed by atoms with E-state index < -0.39 is 0 Å². The molecule has 1 N–H and O–H groups in total. The molecule has 6 heteroatoms. The maximum Gasteiger partial charge on any atom is 0.289 e. The number of piperidine rings is 1. The highest BCUT2D eigenvalue weighted by atomic mass is 16.4. The maximum absolute atomic E-state index is 12.3. The molecule has 6 nitrogen and oxygen atoms in total. The van der Waals surface area contributed by atoms with Gasteiger partial charge in [-0.05, 0) is 51.8 Å². The largest absolute Gasteiger partial charge is 0.466 e. The van der Waals surface area contributed by atoms with Crippen LogP contribution in [0.4, 0.5) is 0 Å². The smallest absolute Gasteiger partial charge is 0.289 e. The highest BCUT2D eigenvalue weighted by Gasteiger charge is 2.27. The van der Waals surface area contributed by atoms with Gasteiger partial charge >= 0.3 is 0 Å². The molecule has 3 rings (SSSR count). The van der Waals surface area contributed by atoms with E-state index in [1.165, 1.54) is 0 Å². The van der Waals surface area contributed by atoms with Crippen LogP contribution in [-0.2, 0) is 0 Å². The van der Waals surface area contributed by atoms with Crippen LogP contribution in [-0.4, -0.2) is 35.8 Å². The Bertz CT molecular complexity index is 751. The van der Waals surface area contributed by atoms with Gasteiger partial charge in [-0.2, -0.15) is 0 Å². The molecule has 1 aliphatic rings. The van der Waals surface area contributed by atoms with Crippen molar-refractivity contribution in [2.75, 3.05) is 13.1 Å². The molecular weight excluding hydrogens is 308 g/mol. The van der Waals surface area contributed by atoms with Gasteiger partial charge in [-0.1, -0.05) is 0 Å². The average molecular weight is 330 g/mol. The first kappa shape index (κ1) is 16.4. The third-order valence-electron chi connectivity index (χ3n) is 4.35. The van der Waals surface area contributed by atoms with Crippen LogP contribution in [0.2, 0.25) is 0 Å². The number of amides is 2. The lowest BCUT2D eigenvalue weighted by molar-refractivity contribution is 0.0666. The second-order valence-electron chi connectivity index (χ2n) is 6.28. The van der Waals surface area contributed by atoms with Gasteiger partial charge in [-0.15, -0.1) is 0 Å². The first-order valence-electron chi connectivity index (χ1n) is 8.17. The fraction of sp³-hybridized carbons (Fsp3) is 0.444. The van der Waals surface area contributed by atoms with Crippen molar-refractivity contribution in [1.82, 2.24) is 10.2 Å².